The van der Waals surface area contributed by atoms with E-state index in [0.717, 1.165) is 25.7 Å². The molecule has 0 aliphatic rings. The predicted molar refractivity (Wildman–Crippen MR) is 85.2 cm³/mol. The Balaban J connectivity index is 3.42. The van der Waals surface area contributed by atoms with Gasteiger partial charge in [0.25, 0.3) is 0 Å². The van der Waals surface area contributed by atoms with Crippen molar-refractivity contribution in [3.05, 3.63) is 0 Å². The zero-order valence-electron chi connectivity index (χ0n) is 13.2. The molecule has 0 bridgehead atoms. The molecular weight excluding hydrogens is 278 g/mol. The molecule has 0 saturated carbocycles. The summed E-state index contributed by atoms with van der Waals surface area (Å²) >= 11 is -0.898. The Bertz CT molecular complexity index is 185. The SMILES string of the molecule is CCCCC(F)CCC[S+]([O-])CCCC(F)CCCC. The van der Waals surface area contributed by atoms with Crippen molar-refractivity contribution in [2.24, 2.45) is 0 Å². The lowest BCUT2D eigenvalue weighted by Gasteiger charge is -2.13. The summed E-state index contributed by atoms with van der Waals surface area (Å²) in [5.74, 6) is 1.14. The third-order valence-electron chi connectivity index (χ3n) is 3.52. The molecule has 0 N–H and O–H groups in total. The maximum Gasteiger partial charge on any atom is 0.105 e. The normalized spacial score (nSPS) is 16.1. The van der Waals surface area contributed by atoms with Gasteiger partial charge < -0.3 is 4.55 Å². The van der Waals surface area contributed by atoms with Crippen LogP contribution >= 0.6 is 0 Å². The van der Waals surface area contributed by atoms with Gasteiger partial charge in [0.05, 0.1) is 0 Å². The first-order chi connectivity index (χ1) is 9.60. The van der Waals surface area contributed by atoms with Crippen LogP contribution < -0.4 is 0 Å². The second-order valence-electron chi connectivity index (χ2n) is 5.61. The fourth-order valence-electron chi connectivity index (χ4n) is 2.17. The first-order valence-electron chi connectivity index (χ1n) is 8.23. The van der Waals surface area contributed by atoms with E-state index in [2.05, 4.69) is 13.8 Å². The molecule has 0 spiro atoms. The van der Waals surface area contributed by atoms with Crippen LogP contribution in [0.5, 0.6) is 0 Å². The van der Waals surface area contributed by atoms with Gasteiger partial charge in [-0.1, -0.05) is 50.7 Å². The van der Waals surface area contributed by atoms with Crippen LogP contribution in [0.2, 0.25) is 0 Å². The summed E-state index contributed by atoms with van der Waals surface area (Å²) in [4.78, 5) is 0. The van der Waals surface area contributed by atoms with Crippen LogP contribution in [0.1, 0.15) is 78.1 Å². The quantitative estimate of drug-likeness (QED) is 0.396. The minimum atomic E-state index is -0.898. The van der Waals surface area contributed by atoms with Crippen LogP contribution in [-0.2, 0) is 11.2 Å². The van der Waals surface area contributed by atoms with E-state index in [1.165, 1.54) is 0 Å². The van der Waals surface area contributed by atoms with E-state index in [1.807, 2.05) is 0 Å². The lowest BCUT2D eigenvalue weighted by molar-refractivity contribution is 0.287. The summed E-state index contributed by atoms with van der Waals surface area (Å²) in [6.07, 6.45) is 6.10. The highest BCUT2D eigenvalue weighted by atomic mass is 32.2. The van der Waals surface area contributed by atoms with Crippen LogP contribution in [0.3, 0.4) is 0 Å². The highest BCUT2D eigenvalue weighted by Crippen LogP contribution is 2.14. The van der Waals surface area contributed by atoms with E-state index in [1.54, 1.807) is 0 Å². The standard InChI is InChI=1S/C16H32F2OS/c1-3-5-9-15(17)11-7-13-20(19)14-8-12-16(18)10-6-4-2/h15-16H,3-14H2,1-2H3. The molecule has 2 unspecified atom stereocenters. The maximum absolute atomic E-state index is 13.4. The van der Waals surface area contributed by atoms with Gasteiger partial charge in [0.15, 0.2) is 0 Å². The van der Waals surface area contributed by atoms with Gasteiger partial charge in [0.1, 0.15) is 23.8 Å². The van der Waals surface area contributed by atoms with Gasteiger partial charge in [-0.15, -0.1) is 0 Å². The Kier molecular flexibility index (Phi) is 14.2. The third kappa shape index (κ3) is 13.2. The lowest BCUT2D eigenvalue weighted by atomic mass is 10.1. The van der Waals surface area contributed by atoms with Crippen LogP contribution in [0, 0.1) is 0 Å². The molecule has 0 aromatic rings. The number of alkyl halides is 2. The van der Waals surface area contributed by atoms with Crippen molar-refractivity contribution in [2.75, 3.05) is 11.5 Å². The van der Waals surface area contributed by atoms with E-state index < -0.39 is 23.5 Å². The first kappa shape index (κ1) is 20.2. The molecule has 0 saturated heterocycles. The third-order valence-corrected chi connectivity index (χ3v) is 5.01. The fraction of sp³-hybridized carbons (Fsp3) is 1.00. The Hall–Kier alpha value is 0.170. The Morgan fingerprint density at radius 3 is 1.45 bits per heavy atom. The van der Waals surface area contributed by atoms with Gasteiger partial charge in [0.2, 0.25) is 0 Å². The van der Waals surface area contributed by atoms with Gasteiger partial charge >= 0.3 is 0 Å². The topological polar surface area (TPSA) is 23.1 Å². The molecule has 0 aliphatic carbocycles. The van der Waals surface area contributed by atoms with Crippen LogP contribution in [0.25, 0.3) is 0 Å². The van der Waals surface area contributed by atoms with E-state index in [9.17, 15) is 13.3 Å². The molecule has 0 rings (SSSR count). The second-order valence-corrected chi connectivity index (χ2v) is 7.31. The molecular formula is C16H32F2OS. The van der Waals surface area contributed by atoms with Crippen molar-refractivity contribution in [3.8, 4) is 0 Å². The second kappa shape index (κ2) is 14.1. The van der Waals surface area contributed by atoms with E-state index in [-0.39, 0.29) is 0 Å². The number of rotatable bonds is 14. The summed E-state index contributed by atoms with van der Waals surface area (Å²) in [5, 5.41) is 0. The van der Waals surface area contributed by atoms with Crippen molar-refractivity contribution in [1.29, 1.82) is 0 Å². The number of unbranched alkanes of at least 4 members (excludes halogenated alkanes) is 2. The number of hydrogen-bond acceptors (Lipinski definition) is 1. The highest BCUT2D eigenvalue weighted by Gasteiger charge is 2.12. The summed E-state index contributed by atoms with van der Waals surface area (Å²) in [7, 11) is 0. The fourth-order valence-corrected chi connectivity index (χ4v) is 3.35. The van der Waals surface area contributed by atoms with Gasteiger partial charge in [-0.25, -0.2) is 8.78 Å². The first-order valence-corrected chi connectivity index (χ1v) is 9.72. The molecule has 0 aromatic heterocycles. The summed E-state index contributed by atoms with van der Waals surface area (Å²) in [5.41, 5.74) is 0. The smallest absolute Gasteiger partial charge is 0.105 e. The zero-order chi connectivity index (χ0) is 15.2. The zero-order valence-corrected chi connectivity index (χ0v) is 14.0. The predicted octanol–water partition coefficient (Wildman–Crippen LogP) is 5.35. The molecule has 4 heteroatoms. The van der Waals surface area contributed by atoms with E-state index in [4.69, 9.17) is 0 Å². The van der Waals surface area contributed by atoms with Crippen molar-refractivity contribution in [3.63, 3.8) is 0 Å². The summed E-state index contributed by atoms with van der Waals surface area (Å²) in [6, 6.07) is 0. The maximum atomic E-state index is 13.4. The largest absolute Gasteiger partial charge is 0.616 e. The molecule has 0 amide bonds. The lowest BCUT2D eigenvalue weighted by Crippen LogP contribution is -2.14. The highest BCUT2D eigenvalue weighted by molar-refractivity contribution is 7.91. The van der Waals surface area contributed by atoms with E-state index >= 15 is 0 Å². The van der Waals surface area contributed by atoms with Gasteiger partial charge in [-0.2, -0.15) is 0 Å². The molecule has 122 valence electrons. The molecule has 2 atom stereocenters. The van der Waals surface area contributed by atoms with Crippen molar-refractivity contribution < 1.29 is 13.3 Å². The molecule has 0 aliphatic heterocycles. The molecule has 0 aromatic carbocycles. The van der Waals surface area contributed by atoms with Gasteiger partial charge in [0, 0.05) is 0 Å². The monoisotopic (exact) mass is 310 g/mol. The van der Waals surface area contributed by atoms with Gasteiger partial charge in [-0.05, 0) is 38.5 Å². The Morgan fingerprint density at radius 2 is 1.10 bits per heavy atom. The minimum absolute atomic E-state index is 0.522. The van der Waals surface area contributed by atoms with Crippen molar-refractivity contribution >= 4 is 11.2 Å². The van der Waals surface area contributed by atoms with Crippen LogP contribution in [-0.4, -0.2) is 28.4 Å². The Labute approximate surface area is 127 Å². The molecule has 0 radical (unpaired) electrons. The average molecular weight is 310 g/mol. The van der Waals surface area contributed by atoms with Crippen molar-refractivity contribution in [2.45, 2.75) is 90.4 Å². The Morgan fingerprint density at radius 1 is 0.750 bits per heavy atom. The summed E-state index contributed by atoms with van der Waals surface area (Å²) < 4.78 is 38.4. The molecule has 0 heterocycles. The molecule has 0 fully saturated rings. The van der Waals surface area contributed by atoms with Crippen LogP contribution in [0.15, 0.2) is 0 Å². The van der Waals surface area contributed by atoms with Crippen molar-refractivity contribution in [1.82, 2.24) is 0 Å². The van der Waals surface area contributed by atoms with E-state index in [0.29, 0.717) is 50.0 Å². The number of hydrogen-bond donors (Lipinski definition) is 0. The molecule has 1 nitrogen and oxygen atoms in total. The number of halogens is 2. The van der Waals surface area contributed by atoms with Gasteiger partial charge in [-0.3, -0.25) is 0 Å². The summed E-state index contributed by atoms with van der Waals surface area (Å²) in [6.45, 7) is 4.11. The van der Waals surface area contributed by atoms with Crippen LogP contribution in [0.4, 0.5) is 8.78 Å². The molecule has 20 heavy (non-hydrogen) atoms. The average Bonchev–Trinajstić information content (AvgIpc) is 2.42. The minimum Gasteiger partial charge on any atom is -0.616 e.